The van der Waals surface area contributed by atoms with Crippen LogP contribution in [0.2, 0.25) is 0 Å². The van der Waals surface area contributed by atoms with E-state index in [0.717, 1.165) is 0 Å². The molecular weight excluding hydrogens is 422 g/mol. The van der Waals surface area contributed by atoms with Gasteiger partial charge in [-0.2, -0.15) is 0 Å². The highest BCUT2D eigenvalue weighted by atomic mass is 32.1. The van der Waals surface area contributed by atoms with E-state index in [4.69, 9.17) is 12.2 Å². The van der Waals surface area contributed by atoms with E-state index in [1.807, 2.05) is 12.1 Å². The molecule has 0 aliphatic carbocycles. The van der Waals surface area contributed by atoms with E-state index in [0.29, 0.717) is 36.5 Å². The monoisotopic (exact) mass is 436 g/mol. The molecule has 7 heteroatoms. The standard InChI is InChI=1S/C23H14F2N2OS2/c24-17-10-4-1-7-14(17)13-26-21-20(15-8-2-5-11-18(15)25)30-23(29)27(21)19-12-6-3-9-16(19)22(26)28/h1-12H,13H2. The lowest BCUT2D eigenvalue weighted by Gasteiger charge is -2.14. The van der Waals surface area contributed by atoms with Gasteiger partial charge in [0, 0.05) is 11.1 Å². The lowest BCUT2D eigenvalue weighted by molar-refractivity contribution is 0.598. The van der Waals surface area contributed by atoms with Crippen LogP contribution in [-0.2, 0) is 6.54 Å². The Bertz CT molecular complexity index is 1550. The lowest BCUT2D eigenvalue weighted by atomic mass is 10.1. The van der Waals surface area contributed by atoms with Crippen LogP contribution in [0.4, 0.5) is 8.78 Å². The van der Waals surface area contributed by atoms with Crippen molar-refractivity contribution in [3.8, 4) is 10.4 Å². The SMILES string of the molecule is O=c1c2ccccc2n2c(=S)sc(-c3ccccc3F)c2n1Cc1ccccc1F. The number of halogens is 2. The molecule has 0 saturated heterocycles. The Morgan fingerprint density at radius 3 is 2.30 bits per heavy atom. The van der Waals surface area contributed by atoms with Crippen LogP contribution >= 0.6 is 23.6 Å². The quantitative estimate of drug-likeness (QED) is 0.323. The van der Waals surface area contributed by atoms with Crippen LogP contribution in [0.25, 0.3) is 27.0 Å². The number of hydrogen-bond acceptors (Lipinski definition) is 3. The van der Waals surface area contributed by atoms with Gasteiger partial charge in [-0.15, -0.1) is 11.3 Å². The highest BCUT2D eigenvalue weighted by molar-refractivity contribution is 7.73. The maximum Gasteiger partial charge on any atom is 0.261 e. The number of benzene rings is 3. The fourth-order valence-corrected chi connectivity index (χ4v) is 5.13. The van der Waals surface area contributed by atoms with Gasteiger partial charge in [0.05, 0.1) is 22.3 Å². The van der Waals surface area contributed by atoms with E-state index in [1.54, 1.807) is 52.9 Å². The van der Waals surface area contributed by atoms with Crippen molar-refractivity contribution in [1.82, 2.24) is 8.97 Å². The molecule has 0 aliphatic rings. The van der Waals surface area contributed by atoms with E-state index in [1.165, 1.54) is 28.0 Å². The summed E-state index contributed by atoms with van der Waals surface area (Å²) in [4.78, 5) is 14.0. The molecule has 0 atom stereocenters. The van der Waals surface area contributed by atoms with Crippen molar-refractivity contribution in [3.05, 3.63) is 104 Å². The topological polar surface area (TPSA) is 26.4 Å². The van der Waals surface area contributed by atoms with Gasteiger partial charge in [0.1, 0.15) is 17.3 Å². The molecule has 0 spiro atoms. The summed E-state index contributed by atoms with van der Waals surface area (Å²) in [5.74, 6) is -0.814. The minimum Gasteiger partial charge on any atom is -0.288 e. The van der Waals surface area contributed by atoms with Gasteiger partial charge in [-0.3, -0.25) is 13.8 Å². The van der Waals surface area contributed by atoms with E-state index in [2.05, 4.69) is 0 Å². The zero-order chi connectivity index (χ0) is 20.8. The Labute approximate surface area is 179 Å². The van der Waals surface area contributed by atoms with Gasteiger partial charge in [0.2, 0.25) is 0 Å². The van der Waals surface area contributed by atoms with Crippen LogP contribution in [0, 0.1) is 15.6 Å². The number of fused-ring (bicyclic) bond motifs is 3. The first-order chi connectivity index (χ1) is 14.6. The van der Waals surface area contributed by atoms with Crippen molar-refractivity contribution < 1.29 is 8.78 Å². The molecule has 148 valence electrons. The molecule has 0 N–H and O–H groups in total. The van der Waals surface area contributed by atoms with Crippen LogP contribution in [0.5, 0.6) is 0 Å². The molecule has 0 bridgehead atoms. The summed E-state index contributed by atoms with van der Waals surface area (Å²) in [5.41, 5.74) is 1.55. The average molecular weight is 437 g/mol. The summed E-state index contributed by atoms with van der Waals surface area (Å²) in [6.07, 6.45) is 0. The van der Waals surface area contributed by atoms with Crippen LogP contribution < -0.4 is 5.56 Å². The minimum atomic E-state index is -0.408. The van der Waals surface area contributed by atoms with Crippen molar-refractivity contribution in [3.63, 3.8) is 0 Å². The average Bonchev–Trinajstić information content (AvgIpc) is 3.09. The van der Waals surface area contributed by atoms with Crippen molar-refractivity contribution in [2.24, 2.45) is 0 Å². The predicted octanol–water partition coefficient (Wildman–Crippen LogP) is 6.04. The largest absolute Gasteiger partial charge is 0.288 e. The second kappa shape index (κ2) is 7.27. The second-order valence-electron chi connectivity index (χ2n) is 6.84. The molecule has 30 heavy (non-hydrogen) atoms. The van der Waals surface area contributed by atoms with Crippen molar-refractivity contribution in [1.29, 1.82) is 0 Å². The van der Waals surface area contributed by atoms with E-state index in [-0.39, 0.29) is 12.1 Å². The zero-order valence-corrected chi connectivity index (χ0v) is 17.1. The molecule has 2 aromatic heterocycles. The Hall–Kier alpha value is -3.16. The number of nitrogens with zero attached hydrogens (tertiary/aromatic N) is 2. The van der Waals surface area contributed by atoms with Crippen LogP contribution in [0.3, 0.4) is 0 Å². The maximum atomic E-state index is 14.7. The Morgan fingerprint density at radius 2 is 1.53 bits per heavy atom. The molecule has 0 radical (unpaired) electrons. The molecule has 5 rings (SSSR count). The van der Waals surface area contributed by atoms with Gasteiger partial charge in [-0.1, -0.05) is 48.5 Å². The van der Waals surface area contributed by atoms with Gasteiger partial charge < -0.3 is 0 Å². The lowest BCUT2D eigenvalue weighted by Crippen LogP contribution is -2.24. The van der Waals surface area contributed by atoms with Gasteiger partial charge in [0.15, 0.2) is 3.95 Å². The van der Waals surface area contributed by atoms with Gasteiger partial charge in [-0.05, 0) is 36.5 Å². The first-order valence-electron chi connectivity index (χ1n) is 9.21. The summed E-state index contributed by atoms with van der Waals surface area (Å²) in [6, 6.07) is 19.8. The molecule has 2 heterocycles. The van der Waals surface area contributed by atoms with E-state index < -0.39 is 11.6 Å². The van der Waals surface area contributed by atoms with Gasteiger partial charge >= 0.3 is 0 Å². The molecule has 3 aromatic carbocycles. The van der Waals surface area contributed by atoms with Gasteiger partial charge in [0.25, 0.3) is 5.56 Å². The molecule has 0 aliphatic heterocycles. The minimum absolute atomic E-state index is 0.00675. The van der Waals surface area contributed by atoms with Crippen molar-refractivity contribution in [2.75, 3.05) is 0 Å². The van der Waals surface area contributed by atoms with Crippen LogP contribution in [0.1, 0.15) is 5.56 Å². The number of hydrogen-bond donors (Lipinski definition) is 0. The number of para-hydroxylation sites is 1. The van der Waals surface area contributed by atoms with E-state index >= 15 is 0 Å². The molecule has 0 unspecified atom stereocenters. The highest BCUT2D eigenvalue weighted by Crippen LogP contribution is 2.34. The summed E-state index contributed by atoms with van der Waals surface area (Å²) in [5, 5.41) is 0.468. The summed E-state index contributed by atoms with van der Waals surface area (Å²) in [7, 11) is 0. The summed E-state index contributed by atoms with van der Waals surface area (Å²) >= 11 is 6.84. The molecule has 0 fully saturated rings. The van der Waals surface area contributed by atoms with Gasteiger partial charge in [-0.25, -0.2) is 8.78 Å². The number of thiazole rings is 1. The predicted molar refractivity (Wildman–Crippen MR) is 119 cm³/mol. The third-order valence-electron chi connectivity index (χ3n) is 5.07. The molecule has 0 amide bonds. The number of aromatic nitrogens is 2. The summed E-state index contributed by atoms with van der Waals surface area (Å²) in [6.45, 7) is 0.00675. The van der Waals surface area contributed by atoms with Crippen molar-refractivity contribution >= 4 is 40.1 Å². The molecule has 3 nitrogen and oxygen atoms in total. The van der Waals surface area contributed by atoms with E-state index in [9.17, 15) is 13.6 Å². The number of rotatable bonds is 3. The smallest absolute Gasteiger partial charge is 0.261 e. The Kier molecular flexibility index (Phi) is 4.56. The second-order valence-corrected chi connectivity index (χ2v) is 8.48. The molecule has 5 aromatic rings. The molecule has 0 saturated carbocycles. The third kappa shape index (κ3) is 2.89. The van der Waals surface area contributed by atoms with Crippen molar-refractivity contribution in [2.45, 2.75) is 6.54 Å². The third-order valence-corrected chi connectivity index (χ3v) is 6.46. The normalized spacial score (nSPS) is 11.4. The van der Waals surface area contributed by atoms with Crippen LogP contribution in [0.15, 0.2) is 77.6 Å². The first-order valence-corrected chi connectivity index (χ1v) is 10.4. The fourth-order valence-electron chi connectivity index (χ4n) is 3.68. The Morgan fingerprint density at radius 1 is 0.867 bits per heavy atom. The van der Waals surface area contributed by atoms with Crippen LogP contribution in [-0.4, -0.2) is 8.97 Å². The Balaban J connectivity index is 1.95. The maximum absolute atomic E-state index is 14.7. The fraction of sp³-hybridized carbons (Fsp3) is 0.0435. The highest BCUT2D eigenvalue weighted by Gasteiger charge is 2.20. The molecular formula is C23H14F2N2OS2. The first kappa shape index (κ1) is 18.8. The summed E-state index contributed by atoms with van der Waals surface area (Å²) < 4.78 is 32.8. The zero-order valence-electron chi connectivity index (χ0n) is 15.5.